The van der Waals surface area contributed by atoms with Gasteiger partial charge in [-0.15, -0.1) is 0 Å². The fraction of sp³-hybridized carbons (Fsp3) is 0.636. The van der Waals surface area contributed by atoms with Gasteiger partial charge in [-0.3, -0.25) is 14.9 Å². The quantitative estimate of drug-likeness (QED) is 0.415. The molecule has 1 aliphatic carbocycles. The number of allylic oxidation sites excluding steroid dienone is 1. The Morgan fingerprint density at radius 3 is 2.00 bits per heavy atom. The van der Waals surface area contributed by atoms with E-state index in [2.05, 4.69) is 17.2 Å². The number of carboxylic acids is 1. The van der Waals surface area contributed by atoms with Gasteiger partial charge in [-0.05, 0) is 30.3 Å². The minimum absolute atomic E-state index is 0. The van der Waals surface area contributed by atoms with Gasteiger partial charge in [-0.1, -0.05) is 60.3 Å². The molecule has 0 unspecified atom stereocenters. The maximum Gasteiger partial charge on any atom is 0.408 e. The van der Waals surface area contributed by atoms with Gasteiger partial charge in [-0.2, -0.15) is 0 Å². The predicted octanol–water partition coefficient (Wildman–Crippen LogP) is 4.07. The van der Waals surface area contributed by atoms with Gasteiger partial charge in [-0.25, -0.2) is 9.59 Å². The molecule has 1 saturated heterocycles. The minimum atomic E-state index is -1.07. The first-order valence-corrected chi connectivity index (χ1v) is 10.5. The van der Waals surface area contributed by atoms with Crippen LogP contribution in [0.3, 0.4) is 0 Å². The molecule has 1 saturated carbocycles. The van der Waals surface area contributed by atoms with Crippen molar-refractivity contribution in [3.05, 3.63) is 24.3 Å². The van der Waals surface area contributed by atoms with Crippen molar-refractivity contribution in [3.8, 4) is 0 Å². The highest BCUT2D eigenvalue weighted by Gasteiger charge is 2.24. The van der Waals surface area contributed by atoms with Crippen LogP contribution in [0.1, 0.15) is 68.7 Å². The zero-order valence-corrected chi connectivity index (χ0v) is 19.1. The highest BCUT2D eigenvalue weighted by Crippen LogP contribution is 2.31. The monoisotopic (exact) mass is 428 g/mol. The summed E-state index contributed by atoms with van der Waals surface area (Å²) >= 11 is 0. The molecule has 174 valence electrons. The Morgan fingerprint density at radius 2 is 1.70 bits per heavy atom. The van der Waals surface area contributed by atoms with Gasteiger partial charge in [0.2, 0.25) is 11.8 Å². The van der Waals surface area contributed by atoms with Gasteiger partial charge in [0.25, 0.3) is 0 Å². The molecule has 1 aliphatic heterocycles. The average Bonchev–Trinajstić information content (AvgIpc) is 3.47. The molecule has 3 amide bonds. The zero-order chi connectivity index (χ0) is 23.7. The van der Waals surface area contributed by atoms with E-state index >= 15 is 0 Å². The van der Waals surface area contributed by atoms with Crippen molar-refractivity contribution in [2.45, 2.75) is 73.3 Å². The van der Waals surface area contributed by atoms with Gasteiger partial charge in [0.15, 0.2) is 0 Å². The Morgan fingerprint density at radius 1 is 1.20 bits per heavy atom. The first-order valence-electron chi connectivity index (χ1n) is 10.5. The van der Waals surface area contributed by atoms with E-state index < -0.39 is 18.1 Å². The van der Waals surface area contributed by atoms with Gasteiger partial charge >= 0.3 is 12.1 Å². The summed E-state index contributed by atoms with van der Waals surface area (Å²) in [5, 5.41) is 13.4. The maximum atomic E-state index is 11.5. The van der Waals surface area contributed by atoms with Gasteiger partial charge < -0.3 is 15.2 Å². The highest BCUT2D eigenvalue weighted by molar-refractivity contribution is 6.01. The van der Waals surface area contributed by atoms with E-state index in [1.807, 2.05) is 33.8 Å². The summed E-state index contributed by atoms with van der Waals surface area (Å²) in [4.78, 5) is 42.7. The van der Waals surface area contributed by atoms with Crippen LogP contribution < -0.4 is 10.6 Å². The van der Waals surface area contributed by atoms with Gasteiger partial charge in [0.1, 0.15) is 12.6 Å². The number of carboxylic acid groups (broad SMARTS) is 1. The Kier molecular flexibility index (Phi) is 17.0. The first kappa shape index (κ1) is 29.6. The molecule has 0 bridgehead atoms. The van der Waals surface area contributed by atoms with Crippen molar-refractivity contribution in [1.82, 2.24) is 10.6 Å². The smallest absolute Gasteiger partial charge is 0.408 e. The standard InChI is InChI=1S/C14H21NO4.C4H5NO2.2C2H6.H2/c1-4-10(7-11-5-6-11)8-19-14(18)15-12(9(2)3)13(16)17;6-3-1-2-4(7)5-3;2*1-2;/h4,7,9,11-12H,1,5-6,8H2,2-3H3,(H,15,18)(H,16,17);1-2H2,(H,5,6,7);2*1-2H3;1H/b10-7+;;;;/t12-;;;;/m0..../s1. The molecule has 3 N–H and O–H groups in total. The van der Waals surface area contributed by atoms with Crippen molar-refractivity contribution < 1.29 is 30.4 Å². The number of hydrogen-bond acceptors (Lipinski definition) is 5. The van der Waals surface area contributed by atoms with Crippen LogP contribution >= 0.6 is 0 Å². The van der Waals surface area contributed by atoms with Crippen LogP contribution in [-0.2, 0) is 19.1 Å². The molecule has 0 radical (unpaired) electrons. The normalized spacial score (nSPS) is 15.8. The molecular weight excluding hydrogens is 388 g/mol. The molecule has 8 heteroatoms. The van der Waals surface area contributed by atoms with Crippen LogP contribution in [0.2, 0.25) is 0 Å². The predicted molar refractivity (Wildman–Crippen MR) is 119 cm³/mol. The van der Waals surface area contributed by atoms with E-state index in [4.69, 9.17) is 9.84 Å². The lowest BCUT2D eigenvalue weighted by Crippen LogP contribution is -2.44. The van der Waals surface area contributed by atoms with Crippen LogP contribution in [0, 0.1) is 11.8 Å². The van der Waals surface area contributed by atoms with Crippen molar-refractivity contribution in [2.24, 2.45) is 11.8 Å². The lowest BCUT2D eigenvalue weighted by molar-refractivity contribution is -0.140. The molecule has 0 aromatic carbocycles. The molecule has 0 aromatic rings. The molecule has 0 aromatic heterocycles. The van der Waals surface area contributed by atoms with Gasteiger partial charge in [0, 0.05) is 14.3 Å². The molecule has 0 spiro atoms. The summed E-state index contributed by atoms with van der Waals surface area (Å²) in [5.74, 6) is -0.993. The second-order valence-electron chi connectivity index (χ2n) is 6.53. The Balaban J connectivity index is -0.000000544. The number of carbonyl (C=O) groups is 4. The molecule has 8 nitrogen and oxygen atoms in total. The zero-order valence-electron chi connectivity index (χ0n) is 19.1. The maximum absolute atomic E-state index is 11.5. The summed E-state index contributed by atoms with van der Waals surface area (Å²) in [6, 6.07) is -0.938. The fourth-order valence-corrected chi connectivity index (χ4v) is 2.08. The van der Waals surface area contributed by atoms with Crippen LogP contribution in [0.4, 0.5) is 4.79 Å². The minimum Gasteiger partial charge on any atom is -0.480 e. The summed E-state index contributed by atoms with van der Waals surface area (Å²) in [5.41, 5.74) is 0.856. The summed E-state index contributed by atoms with van der Waals surface area (Å²) in [6.07, 6.45) is 6.05. The number of rotatable bonds is 7. The highest BCUT2D eigenvalue weighted by atomic mass is 16.5. The number of hydrogen-bond donors (Lipinski definition) is 3. The number of alkyl carbamates (subject to hydrolysis) is 1. The molecular formula is C22H40N2O6. The van der Waals surface area contributed by atoms with Crippen molar-refractivity contribution in [2.75, 3.05) is 6.61 Å². The second kappa shape index (κ2) is 17.2. The third-order valence-corrected chi connectivity index (χ3v) is 3.77. The number of amides is 3. The third kappa shape index (κ3) is 14.4. The van der Waals surface area contributed by atoms with E-state index in [9.17, 15) is 19.2 Å². The third-order valence-electron chi connectivity index (χ3n) is 3.77. The van der Waals surface area contributed by atoms with Crippen molar-refractivity contribution in [3.63, 3.8) is 0 Å². The molecule has 2 fully saturated rings. The van der Waals surface area contributed by atoms with Crippen LogP contribution in [0.5, 0.6) is 0 Å². The summed E-state index contributed by atoms with van der Waals surface area (Å²) in [7, 11) is 0. The van der Waals surface area contributed by atoms with E-state index in [1.54, 1.807) is 19.9 Å². The SMILES string of the molecule is C=C/C(=C\C1CC1)COC(=O)N[C@H](C(=O)O)C(C)C.CC.CC.O=C1CCC(=O)N1.[HH]. The largest absolute Gasteiger partial charge is 0.480 e. The van der Waals surface area contributed by atoms with E-state index in [0.29, 0.717) is 18.8 Å². The summed E-state index contributed by atoms with van der Waals surface area (Å²) in [6.45, 7) is 15.2. The Bertz CT molecular complexity index is 587. The van der Waals surface area contributed by atoms with E-state index in [1.165, 1.54) is 0 Å². The number of imide groups is 1. The van der Waals surface area contributed by atoms with Crippen molar-refractivity contribution >= 4 is 23.9 Å². The Labute approximate surface area is 181 Å². The Hall–Kier alpha value is -2.64. The van der Waals surface area contributed by atoms with Gasteiger partial charge in [0.05, 0.1) is 0 Å². The number of nitrogens with one attached hydrogen (secondary N) is 2. The average molecular weight is 429 g/mol. The number of ether oxygens (including phenoxy) is 1. The topological polar surface area (TPSA) is 122 Å². The second-order valence-corrected chi connectivity index (χ2v) is 6.53. The lowest BCUT2D eigenvalue weighted by Gasteiger charge is -2.17. The molecule has 30 heavy (non-hydrogen) atoms. The molecule has 2 aliphatic rings. The number of carbonyl (C=O) groups excluding carboxylic acids is 3. The molecule has 2 rings (SSSR count). The van der Waals surface area contributed by atoms with Crippen LogP contribution in [-0.4, -0.2) is 41.6 Å². The van der Waals surface area contributed by atoms with E-state index in [-0.39, 0.29) is 25.8 Å². The van der Waals surface area contributed by atoms with Crippen molar-refractivity contribution in [1.29, 1.82) is 0 Å². The molecule has 1 atom stereocenters. The lowest BCUT2D eigenvalue weighted by atomic mass is 10.1. The van der Waals surface area contributed by atoms with Crippen LogP contribution in [0.15, 0.2) is 24.3 Å². The first-order chi connectivity index (χ1) is 14.2. The van der Waals surface area contributed by atoms with E-state index in [0.717, 1.165) is 18.4 Å². The summed E-state index contributed by atoms with van der Waals surface area (Å²) < 4.78 is 5.00. The van der Waals surface area contributed by atoms with Crippen LogP contribution in [0.25, 0.3) is 0 Å². The fourth-order valence-electron chi connectivity index (χ4n) is 2.08. The number of aliphatic carboxylic acids is 1. The molecule has 1 heterocycles.